The highest BCUT2D eigenvalue weighted by Gasteiger charge is 2.17. The third-order valence-corrected chi connectivity index (χ3v) is 4.89. The van der Waals surface area contributed by atoms with Crippen LogP contribution in [0, 0.1) is 0 Å². The zero-order valence-corrected chi connectivity index (χ0v) is 16.5. The van der Waals surface area contributed by atoms with Crippen LogP contribution >= 0.6 is 15.9 Å². The first kappa shape index (κ1) is 19.4. The van der Waals surface area contributed by atoms with E-state index in [0.29, 0.717) is 33.6 Å². The summed E-state index contributed by atoms with van der Waals surface area (Å²) in [4.78, 5) is 24.0. The monoisotopic (exact) mass is 432 g/mol. The molecule has 0 bridgehead atoms. The van der Waals surface area contributed by atoms with Crippen LogP contribution in [-0.2, 0) is 4.74 Å². The van der Waals surface area contributed by atoms with Gasteiger partial charge in [0.15, 0.2) is 0 Å². The fourth-order valence-electron chi connectivity index (χ4n) is 2.77. The number of amides is 2. The molecule has 2 aromatic rings. The minimum absolute atomic E-state index is 0.137. The van der Waals surface area contributed by atoms with Crippen molar-refractivity contribution in [2.75, 3.05) is 25.6 Å². The van der Waals surface area contributed by atoms with Crippen LogP contribution < -0.4 is 15.4 Å². The summed E-state index contributed by atoms with van der Waals surface area (Å²) in [7, 11) is 1.57. The number of anilines is 1. The molecular weight excluding hydrogens is 412 g/mol. The molecular formula is C20H21BrN2O4. The Hall–Kier alpha value is -2.38. The lowest BCUT2D eigenvalue weighted by Gasteiger charge is -2.13. The van der Waals surface area contributed by atoms with Crippen LogP contribution in [0.15, 0.2) is 46.9 Å². The third-order valence-electron chi connectivity index (χ3n) is 4.27. The predicted molar refractivity (Wildman–Crippen MR) is 106 cm³/mol. The highest BCUT2D eigenvalue weighted by molar-refractivity contribution is 9.10. The van der Waals surface area contributed by atoms with Crippen molar-refractivity contribution >= 4 is 33.4 Å². The van der Waals surface area contributed by atoms with Gasteiger partial charge in [0.1, 0.15) is 12.4 Å². The Morgan fingerprint density at radius 1 is 1.15 bits per heavy atom. The molecule has 2 aromatic carbocycles. The Labute approximate surface area is 166 Å². The molecule has 1 saturated heterocycles. The van der Waals surface area contributed by atoms with Crippen LogP contribution in [0.4, 0.5) is 5.69 Å². The van der Waals surface area contributed by atoms with Crippen molar-refractivity contribution in [3.63, 3.8) is 0 Å². The average molecular weight is 433 g/mol. The number of hydrogen-bond acceptors (Lipinski definition) is 4. The molecule has 142 valence electrons. The van der Waals surface area contributed by atoms with Crippen molar-refractivity contribution in [3.05, 3.63) is 58.1 Å². The highest BCUT2D eigenvalue weighted by Crippen LogP contribution is 2.27. The average Bonchev–Trinajstić information content (AvgIpc) is 3.20. The van der Waals surface area contributed by atoms with Gasteiger partial charge in [0.25, 0.3) is 11.8 Å². The summed E-state index contributed by atoms with van der Waals surface area (Å²) in [5.41, 5.74) is 1.65. The lowest BCUT2D eigenvalue weighted by molar-refractivity contribution is 0.0677. The minimum Gasteiger partial charge on any atom is -0.490 e. The molecule has 1 unspecified atom stereocenters. The van der Waals surface area contributed by atoms with Gasteiger partial charge in [0.05, 0.1) is 10.6 Å². The van der Waals surface area contributed by atoms with Gasteiger partial charge in [-0.25, -0.2) is 0 Å². The van der Waals surface area contributed by atoms with Gasteiger partial charge in [-0.1, -0.05) is 0 Å². The highest BCUT2D eigenvalue weighted by atomic mass is 79.9. The van der Waals surface area contributed by atoms with E-state index in [-0.39, 0.29) is 17.9 Å². The van der Waals surface area contributed by atoms with Crippen LogP contribution in [0.3, 0.4) is 0 Å². The first-order chi connectivity index (χ1) is 13.1. The summed E-state index contributed by atoms with van der Waals surface area (Å²) in [6.07, 6.45) is 2.22. The van der Waals surface area contributed by atoms with E-state index in [1.165, 1.54) is 0 Å². The second kappa shape index (κ2) is 9.01. The number of nitrogens with one attached hydrogen (secondary N) is 2. The van der Waals surface area contributed by atoms with Crippen molar-refractivity contribution in [1.29, 1.82) is 0 Å². The molecule has 27 heavy (non-hydrogen) atoms. The molecule has 0 aliphatic carbocycles. The van der Waals surface area contributed by atoms with Crippen molar-refractivity contribution in [2.45, 2.75) is 18.9 Å². The Bertz CT molecular complexity index is 817. The molecule has 0 radical (unpaired) electrons. The van der Waals surface area contributed by atoms with Crippen LogP contribution in [-0.4, -0.2) is 38.2 Å². The number of benzene rings is 2. The molecule has 1 aliphatic heterocycles. The zero-order chi connectivity index (χ0) is 19.2. The Balaban J connectivity index is 1.60. The molecule has 7 heteroatoms. The van der Waals surface area contributed by atoms with Crippen LogP contribution in [0.2, 0.25) is 0 Å². The van der Waals surface area contributed by atoms with Crippen molar-refractivity contribution in [1.82, 2.24) is 5.32 Å². The van der Waals surface area contributed by atoms with Crippen LogP contribution in [0.5, 0.6) is 5.75 Å². The summed E-state index contributed by atoms with van der Waals surface area (Å²) >= 11 is 3.45. The van der Waals surface area contributed by atoms with E-state index in [1.807, 2.05) is 0 Å². The molecule has 1 atom stereocenters. The number of hydrogen-bond donors (Lipinski definition) is 2. The number of rotatable bonds is 6. The zero-order valence-electron chi connectivity index (χ0n) is 15.0. The maximum Gasteiger partial charge on any atom is 0.255 e. The third kappa shape index (κ3) is 5.08. The van der Waals surface area contributed by atoms with E-state index in [1.54, 1.807) is 49.5 Å². The van der Waals surface area contributed by atoms with Gasteiger partial charge in [0, 0.05) is 30.5 Å². The molecule has 2 N–H and O–H groups in total. The maximum atomic E-state index is 12.4. The van der Waals surface area contributed by atoms with E-state index in [9.17, 15) is 9.59 Å². The molecule has 1 aliphatic rings. The first-order valence-corrected chi connectivity index (χ1v) is 9.53. The van der Waals surface area contributed by atoms with E-state index in [0.717, 1.165) is 19.4 Å². The van der Waals surface area contributed by atoms with Gasteiger partial charge < -0.3 is 20.1 Å². The van der Waals surface area contributed by atoms with Gasteiger partial charge in [-0.2, -0.15) is 0 Å². The lowest BCUT2D eigenvalue weighted by Crippen LogP contribution is -2.18. The largest absolute Gasteiger partial charge is 0.490 e. The number of carbonyl (C=O) groups is 2. The number of halogens is 1. The molecule has 1 fully saturated rings. The summed E-state index contributed by atoms with van der Waals surface area (Å²) < 4.78 is 12.0. The SMILES string of the molecule is CNC(=O)c1ccc(NC(=O)c2ccc(OCC3CCCO3)c(Br)c2)cc1. The molecule has 0 spiro atoms. The maximum absolute atomic E-state index is 12.4. The van der Waals surface area contributed by atoms with E-state index in [2.05, 4.69) is 26.6 Å². The standard InChI is InChI=1S/C20H21BrN2O4/c1-22-19(24)13-4-7-15(8-5-13)23-20(25)14-6-9-18(17(21)11-14)27-12-16-3-2-10-26-16/h4-9,11,16H,2-3,10,12H2,1H3,(H,22,24)(H,23,25). The topological polar surface area (TPSA) is 76.7 Å². The van der Waals surface area contributed by atoms with Crippen LogP contribution in [0.1, 0.15) is 33.6 Å². The van der Waals surface area contributed by atoms with E-state index >= 15 is 0 Å². The molecule has 0 saturated carbocycles. The minimum atomic E-state index is -0.242. The van der Waals surface area contributed by atoms with Crippen molar-refractivity contribution < 1.29 is 19.1 Å². The normalized spacial score (nSPS) is 16.0. The summed E-state index contributed by atoms with van der Waals surface area (Å²) in [6.45, 7) is 1.29. The second-order valence-corrected chi connectivity index (χ2v) is 7.06. The molecule has 6 nitrogen and oxygen atoms in total. The Morgan fingerprint density at radius 2 is 1.89 bits per heavy atom. The number of carbonyl (C=O) groups excluding carboxylic acids is 2. The smallest absolute Gasteiger partial charge is 0.255 e. The molecule has 2 amide bonds. The van der Waals surface area contributed by atoms with Crippen molar-refractivity contribution in [3.8, 4) is 5.75 Å². The summed E-state index contributed by atoms with van der Waals surface area (Å²) in [5, 5.41) is 5.37. The lowest BCUT2D eigenvalue weighted by atomic mass is 10.1. The molecule has 1 heterocycles. The fourth-order valence-corrected chi connectivity index (χ4v) is 3.26. The van der Waals surface area contributed by atoms with Crippen LogP contribution in [0.25, 0.3) is 0 Å². The van der Waals surface area contributed by atoms with E-state index in [4.69, 9.17) is 9.47 Å². The predicted octanol–water partition coefficient (Wildman–Crippen LogP) is 3.62. The van der Waals surface area contributed by atoms with Gasteiger partial charge in [-0.15, -0.1) is 0 Å². The van der Waals surface area contributed by atoms with Gasteiger partial charge in [0.2, 0.25) is 0 Å². The van der Waals surface area contributed by atoms with E-state index < -0.39 is 0 Å². The van der Waals surface area contributed by atoms with Gasteiger partial charge in [-0.3, -0.25) is 9.59 Å². The summed E-state index contributed by atoms with van der Waals surface area (Å²) in [6, 6.07) is 11.9. The summed E-state index contributed by atoms with van der Waals surface area (Å²) in [5.74, 6) is 0.265. The quantitative estimate of drug-likeness (QED) is 0.730. The Kier molecular flexibility index (Phi) is 6.47. The van der Waals surface area contributed by atoms with Gasteiger partial charge in [-0.05, 0) is 71.2 Å². The Morgan fingerprint density at radius 3 is 2.52 bits per heavy atom. The van der Waals surface area contributed by atoms with Gasteiger partial charge >= 0.3 is 0 Å². The second-order valence-electron chi connectivity index (χ2n) is 6.20. The molecule has 3 rings (SSSR count). The number of ether oxygens (including phenoxy) is 2. The first-order valence-electron chi connectivity index (χ1n) is 8.74. The van der Waals surface area contributed by atoms with Crippen molar-refractivity contribution in [2.24, 2.45) is 0 Å². The molecule has 0 aromatic heterocycles. The fraction of sp³-hybridized carbons (Fsp3) is 0.300.